The third-order valence-electron chi connectivity index (χ3n) is 3.67. The van der Waals surface area contributed by atoms with Crippen molar-refractivity contribution in [2.45, 2.75) is 18.3 Å². The molecule has 0 aromatic heterocycles. The largest absolute Gasteiger partial charge is 0.388 e. The van der Waals surface area contributed by atoms with Crippen LogP contribution < -0.4 is 10.6 Å². The number of hydrogen-bond acceptors (Lipinski definition) is 2. The van der Waals surface area contributed by atoms with Crippen LogP contribution in [-0.4, -0.2) is 20.1 Å². The Bertz CT molecular complexity index is 409. The van der Waals surface area contributed by atoms with Crippen LogP contribution in [0.25, 0.3) is 0 Å². The summed E-state index contributed by atoms with van der Waals surface area (Å²) in [5, 5.41) is 7.44. The fourth-order valence-corrected chi connectivity index (χ4v) is 2.77. The molecule has 0 atom stereocenters. The molecule has 1 fully saturated rings. The lowest BCUT2D eigenvalue weighted by Crippen LogP contribution is -2.38. The zero-order valence-electron chi connectivity index (χ0n) is 10.2. The topological polar surface area (TPSA) is 24.1 Å². The van der Waals surface area contributed by atoms with Crippen LogP contribution in [0.1, 0.15) is 18.4 Å². The average Bonchev–Trinajstić information content (AvgIpc) is 2.39. The highest BCUT2D eigenvalue weighted by Crippen LogP contribution is 2.39. The second-order valence-electron chi connectivity index (χ2n) is 4.55. The van der Waals surface area contributed by atoms with Crippen LogP contribution in [-0.2, 0) is 5.41 Å². The van der Waals surface area contributed by atoms with E-state index in [9.17, 15) is 0 Å². The van der Waals surface area contributed by atoms with Gasteiger partial charge < -0.3 is 10.6 Å². The third-order valence-corrected chi connectivity index (χ3v) is 3.91. The van der Waals surface area contributed by atoms with E-state index in [1.54, 1.807) is 0 Å². The van der Waals surface area contributed by atoms with Crippen LogP contribution >= 0.6 is 11.6 Å². The molecule has 2 N–H and O–H groups in total. The second kappa shape index (κ2) is 5.11. The summed E-state index contributed by atoms with van der Waals surface area (Å²) in [7, 11) is 1.95. The quantitative estimate of drug-likeness (QED) is 0.806. The summed E-state index contributed by atoms with van der Waals surface area (Å²) in [6.45, 7) is 6.10. The molecule has 1 saturated heterocycles. The normalized spacial score (nSPS) is 18.7. The van der Waals surface area contributed by atoms with Gasteiger partial charge in [0.1, 0.15) is 0 Å². The van der Waals surface area contributed by atoms with E-state index in [1.165, 1.54) is 5.56 Å². The minimum atomic E-state index is 0.0501. The molecule has 2 nitrogen and oxygen atoms in total. The number of allylic oxidation sites excluding steroid dienone is 1. The molecule has 0 amide bonds. The van der Waals surface area contributed by atoms with Crippen LogP contribution in [0.3, 0.4) is 0 Å². The molecule has 17 heavy (non-hydrogen) atoms. The van der Waals surface area contributed by atoms with E-state index in [4.69, 9.17) is 11.6 Å². The SMILES string of the molecule is C=CC1(c2cc(Cl)ccc2NC)CCNCC1. The van der Waals surface area contributed by atoms with E-state index >= 15 is 0 Å². The monoisotopic (exact) mass is 250 g/mol. The number of anilines is 1. The Morgan fingerprint density at radius 2 is 2.12 bits per heavy atom. The minimum absolute atomic E-state index is 0.0501. The molecular formula is C14H19ClN2. The van der Waals surface area contributed by atoms with Crippen molar-refractivity contribution in [3.8, 4) is 0 Å². The average molecular weight is 251 g/mol. The predicted molar refractivity (Wildman–Crippen MR) is 75.0 cm³/mol. The highest BCUT2D eigenvalue weighted by Gasteiger charge is 2.32. The molecule has 0 bridgehead atoms. The summed E-state index contributed by atoms with van der Waals surface area (Å²) < 4.78 is 0. The highest BCUT2D eigenvalue weighted by molar-refractivity contribution is 6.30. The Morgan fingerprint density at radius 1 is 1.41 bits per heavy atom. The lowest BCUT2D eigenvalue weighted by molar-refractivity contribution is 0.375. The molecule has 92 valence electrons. The van der Waals surface area contributed by atoms with Crippen molar-refractivity contribution in [3.63, 3.8) is 0 Å². The zero-order chi connectivity index (χ0) is 12.3. The molecule has 0 radical (unpaired) electrons. The van der Waals surface area contributed by atoms with Gasteiger partial charge in [0, 0.05) is 23.2 Å². The van der Waals surface area contributed by atoms with E-state index in [-0.39, 0.29) is 5.41 Å². The summed E-state index contributed by atoms with van der Waals surface area (Å²) in [5.74, 6) is 0. The van der Waals surface area contributed by atoms with Crippen molar-refractivity contribution >= 4 is 17.3 Å². The van der Waals surface area contributed by atoms with Gasteiger partial charge in [-0.15, -0.1) is 6.58 Å². The summed E-state index contributed by atoms with van der Waals surface area (Å²) >= 11 is 6.13. The smallest absolute Gasteiger partial charge is 0.0410 e. The Morgan fingerprint density at radius 3 is 2.71 bits per heavy atom. The standard InChI is InChI=1S/C14H19ClN2/c1-3-14(6-8-17-9-7-14)12-10-11(15)4-5-13(12)16-2/h3-5,10,16-17H,1,6-9H2,2H3. The van der Waals surface area contributed by atoms with Crippen molar-refractivity contribution in [2.75, 3.05) is 25.5 Å². The molecule has 1 heterocycles. The zero-order valence-corrected chi connectivity index (χ0v) is 11.0. The number of halogens is 1. The van der Waals surface area contributed by atoms with Crippen LogP contribution in [0, 0.1) is 0 Å². The number of hydrogen-bond donors (Lipinski definition) is 2. The number of rotatable bonds is 3. The van der Waals surface area contributed by atoms with E-state index in [1.807, 2.05) is 19.2 Å². The van der Waals surface area contributed by atoms with Gasteiger partial charge in [-0.25, -0.2) is 0 Å². The van der Waals surface area contributed by atoms with Gasteiger partial charge in [-0.3, -0.25) is 0 Å². The van der Waals surface area contributed by atoms with Crippen molar-refractivity contribution in [1.82, 2.24) is 5.32 Å². The first kappa shape index (κ1) is 12.5. The summed E-state index contributed by atoms with van der Waals surface area (Å²) in [4.78, 5) is 0. The van der Waals surface area contributed by atoms with Gasteiger partial charge in [0.2, 0.25) is 0 Å². The molecule has 1 aliphatic rings. The molecule has 0 aliphatic carbocycles. The fourth-order valence-electron chi connectivity index (χ4n) is 2.60. The van der Waals surface area contributed by atoms with Gasteiger partial charge in [-0.2, -0.15) is 0 Å². The molecular weight excluding hydrogens is 232 g/mol. The van der Waals surface area contributed by atoms with Gasteiger partial charge in [0.25, 0.3) is 0 Å². The molecule has 1 aliphatic heterocycles. The molecule has 0 saturated carbocycles. The number of nitrogens with one attached hydrogen (secondary N) is 2. The molecule has 0 unspecified atom stereocenters. The first-order valence-electron chi connectivity index (χ1n) is 6.04. The van der Waals surface area contributed by atoms with Crippen LogP contribution in [0.5, 0.6) is 0 Å². The maximum absolute atomic E-state index is 6.13. The summed E-state index contributed by atoms with van der Waals surface area (Å²) in [6.07, 6.45) is 4.23. The van der Waals surface area contributed by atoms with E-state index in [0.717, 1.165) is 36.6 Å². The third kappa shape index (κ3) is 2.33. The first-order chi connectivity index (χ1) is 8.22. The Kier molecular flexibility index (Phi) is 3.75. The summed E-state index contributed by atoms with van der Waals surface area (Å²) in [6, 6.07) is 6.04. The Hall–Kier alpha value is -0.990. The second-order valence-corrected chi connectivity index (χ2v) is 4.99. The van der Waals surface area contributed by atoms with Crippen molar-refractivity contribution < 1.29 is 0 Å². The van der Waals surface area contributed by atoms with Crippen LogP contribution in [0.15, 0.2) is 30.9 Å². The van der Waals surface area contributed by atoms with Gasteiger partial charge in [0.15, 0.2) is 0 Å². The van der Waals surface area contributed by atoms with Gasteiger partial charge in [-0.1, -0.05) is 17.7 Å². The van der Waals surface area contributed by atoms with Crippen molar-refractivity contribution in [1.29, 1.82) is 0 Å². The lowest BCUT2D eigenvalue weighted by Gasteiger charge is -2.36. The van der Waals surface area contributed by atoms with Crippen LogP contribution in [0.2, 0.25) is 5.02 Å². The van der Waals surface area contributed by atoms with E-state index < -0.39 is 0 Å². The highest BCUT2D eigenvalue weighted by atomic mass is 35.5. The molecule has 3 heteroatoms. The fraction of sp³-hybridized carbons (Fsp3) is 0.429. The van der Waals surface area contributed by atoms with Crippen molar-refractivity contribution in [2.24, 2.45) is 0 Å². The lowest BCUT2D eigenvalue weighted by atomic mass is 9.72. The van der Waals surface area contributed by atoms with Crippen molar-refractivity contribution in [3.05, 3.63) is 41.4 Å². The maximum Gasteiger partial charge on any atom is 0.0410 e. The maximum atomic E-state index is 6.13. The van der Waals surface area contributed by atoms with Gasteiger partial charge >= 0.3 is 0 Å². The predicted octanol–water partition coefficient (Wildman–Crippen LogP) is 3.19. The van der Waals surface area contributed by atoms with Gasteiger partial charge in [-0.05, 0) is 49.7 Å². The minimum Gasteiger partial charge on any atom is -0.388 e. The van der Waals surface area contributed by atoms with Gasteiger partial charge in [0.05, 0.1) is 0 Å². The number of piperidine rings is 1. The van der Waals surface area contributed by atoms with Crippen LogP contribution in [0.4, 0.5) is 5.69 Å². The van der Waals surface area contributed by atoms with E-state index in [0.29, 0.717) is 0 Å². The van der Waals surface area contributed by atoms with E-state index in [2.05, 4.69) is 29.4 Å². The number of benzene rings is 1. The first-order valence-corrected chi connectivity index (χ1v) is 6.42. The molecule has 1 aromatic rings. The molecule has 0 spiro atoms. The molecule has 1 aromatic carbocycles. The Balaban J connectivity index is 2.48. The summed E-state index contributed by atoms with van der Waals surface area (Å²) in [5.41, 5.74) is 2.47. The molecule has 2 rings (SSSR count). The Labute approximate surface area is 108 Å².